The third-order valence-electron chi connectivity index (χ3n) is 5.38. The molecular formula is C23H18N8O3S. The summed E-state index contributed by atoms with van der Waals surface area (Å²) >= 11 is 1.31. The smallest absolute Gasteiger partial charge is 0.326 e. The number of hydrogen-bond donors (Lipinski definition) is 4. The SMILES string of the molecule is O=C(Nc1cccnc1)c1ccc(-c2cc(=NC3CC3)n3ncc(=Cc4[nH]c(=O)[nH]c4O)c3n2)s1. The largest absolute Gasteiger partial charge is 0.493 e. The van der Waals surface area contributed by atoms with Crippen LogP contribution in [0.5, 0.6) is 5.88 Å². The van der Waals surface area contributed by atoms with Crippen molar-refractivity contribution >= 4 is 34.7 Å². The number of carbonyl (C=O) groups excluding carboxylic acids is 1. The number of aromatic hydroxyl groups is 1. The van der Waals surface area contributed by atoms with Gasteiger partial charge in [-0.05, 0) is 43.2 Å². The molecule has 5 heterocycles. The van der Waals surface area contributed by atoms with E-state index in [4.69, 9.17) is 9.98 Å². The molecular weight excluding hydrogens is 468 g/mol. The first-order chi connectivity index (χ1) is 17.0. The minimum absolute atomic E-state index is 0.225. The highest BCUT2D eigenvalue weighted by molar-refractivity contribution is 7.17. The minimum Gasteiger partial charge on any atom is -0.493 e. The molecule has 0 bridgehead atoms. The van der Waals surface area contributed by atoms with Crippen molar-refractivity contribution in [3.8, 4) is 16.5 Å². The summed E-state index contributed by atoms with van der Waals surface area (Å²) in [4.78, 5) is 43.9. The predicted molar refractivity (Wildman–Crippen MR) is 129 cm³/mol. The van der Waals surface area contributed by atoms with Gasteiger partial charge in [0.15, 0.2) is 11.1 Å². The van der Waals surface area contributed by atoms with Crippen molar-refractivity contribution in [1.29, 1.82) is 0 Å². The maximum Gasteiger partial charge on any atom is 0.326 e. The second-order valence-corrected chi connectivity index (χ2v) is 9.12. The van der Waals surface area contributed by atoms with Gasteiger partial charge in [0.05, 0.1) is 39.6 Å². The molecule has 1 fully saturated rings. The number of aromatic nitrogens is 6. The van der Waals surface area contributed by atoms with Crippen LogP contribution in [-0.4, -0.2) is 46.6 Å². The molecule has 0 aromatic carbocycles. The van der Waals surface area contributed by atoms with Crippen molar-refractivity contribution in [2.45, 2.75) is 18.9 Å². The molecule has 0 aliphatic heterocycles. The van der Waals surface area contributed by atoms with Crippen LogP contribution in [0.2, 0.25) is 0 Å². The van der Waals surface area contributed by atoms with Gasteiger partial charge < -0.3 is 15.4 Å². The normalized spacial score (nSPS) is 14.6. The van der Waals surface area contributed by atoms with Crippen LogP contribution in [0, 0.1) is 0 Å². The monoisotopic (exact) mass is 486 g/mol. The highest BCUT2D eigenvalue weighted by atomic mass is 32.1. The van der Waals surface area contributed by atoms with Crippen LogP contribution >= 0.6 is 11.3 Å². The maximum absolute atomic E-state index is 12.7. The van der Waals surface area contributed by atoms with Gasteiger partial charge in [-0.2, -0.15) is 9.61 Å². The fourth-order valence-corrected chi connectivity index (χ4v) is 4.41. The summed E-state index contributed by atoms with van der Waals surface area (Å²) in [6.07, 6.45) is 8.46. The summed E-state index contributed by atoms with van der Waals surface area (Å²) in [5, 5.41) is 17.8. The van der Waals surface area contributed by atoms with Crippen LogP contribution in [0.3, 0.4) is 0 Å². The molecule has 6 rings (SSSR count). The van der Waals surface area contributed by atoms with E-state index in [0.717, 1.165) is 17.7 Å². The molecule has 5 aromatic rings. The Bertz CT molecular complexity index is 1740. The summed E-state index contributed by atoms with van der Waals surface area (Å²) < 4.78 is 1.64. The van der Waals surface area contributed by atoms with Gasteiger partial charge in [-0.1, -0.05) is 0 Å². The van der Waals surface area contributed by atoms with E-state index in [1.54, 1.807) is 47.4 Å². The number of rotatable bonds is 5. The summed E-state index contributed by atoms with van der Waals surface area (Å²) in [6.45, 7) is 0. The zero-order valence-electron chi connectivity index (χ0n) is 18.1. The zero-order chi connectivity index (χ0) is 23.9. The van der Waals surface area contributed by atoms with Crippen molar-refractivity contribution < 1.29 is 9.90 Å². The number of anilines is 1. The van der Waals surface area contributed by atoms with E-state index in [0.29, 0.717) is 32.6 Å². The number of amides is 1. The molecule has 5 aromatic heterocycles. The fraction of sp³-hybridized carbons (Fsp3) is 0.130. The van der Waals surface area contributed by atoms with Crippen LogP contribution in [-0.2, 0) is 0 Å². The van der Waals surface area contributed by atoms with Gasteiger partial charge in [0.25, 0.3) is 5.91 Å². The van der Waals surface area contributed by atoms with Gasteiger partial charge >= 0.3 is 5.69 Å². The zero-order valence-corrected chi connectivity index (χ0v) is 18.9. The Balaban J connectivity index is 1.43. The van der Waals surface area contributed by atoms with Crippen molar-refractivity contribution in [2.24, 2.45) is 4.99 Å². The number of pyridine rings is 1. The minimum atomic E-state index is -0.515. The molecule has 0 atom stereocenters. The standard InChI is InChI=1S/C23H18N8O3S/c32-21-16(29-23(34)30-21)8-12-10-25-31-19(26-13-3-4-13)9-15(28-20(12)31)17-5-6-18(35-17)22(33)27-14-2-1-7-24-11-14/h1-2,5-11,13,32H,3-4H2,(H,27,33)(H2,29,30,34). The molecule has 1 aliphatic carbocycles. The Morgan fingerprint density at radius 3 is 2.89 bits per heavy atom. The molecule has 35 heavy (non-hydrogen) atoms. The first-order valence-electron chi connectivity index (χ1n) is 10.8. The van der Waals surface area contributed by atoms with E-state index in [1.807, 2.05) is 12.1 Å². The van der Waals surface area contributed by atoms with Crippen molar-refractivity contribution in [1.82, 2.24) is 29.5 Å². The second-order valence-electron chi connectivity index (χ2n) is 8.04. The van der Waals surface area contributed by atoms with Crippen LogP contribution in [0.1, 0.15) is 28.2 Å². The predicted octanol–water partition coefficient (Wildman–Crippen LogP) is 1.44. The molecule has 1 amide bonds. The quantitative estimate of drug-likeness (QED) is 0.295. The Hall–Kier alpha value is -4.58. The van der Waals surface area contributed by atoms with Crippen molar-refractivity contribution in [3.63, 3.8) is 0 Å². The number of imidazole rings is 1. The lowest BCUT2D eigenvalue weighted by Gasteiger charge is -2.02. The molecule has 4 N–H and O–H groups in total. The Labute approximate surface area is 200 Å². The van der Waals surface area contributed by atoms with Crippen LogP contribution in [0.4, 0.5) is 5.69 Å². The number of thiophene rings is 1. The number of aromatic amines is 2. The van der Waals surface area contributed by atoms with E-state index in [2.05, 4.69) is 25.4 Å². The van der Waals surface area contributed by atoms with Crippen LogP contribution in [0.15, 0.2) is 58.7 Å². The lowest BCUT2D eigenvalue weighted by atomic mass is 10.3. The third-order valence-corrected chi connectivity index (χ3v) is 6.49. The van der Waals surface area contributed by atoms with Crippen molar-refractivity contribution in [2.75, 3.05) is 5.32 Å². The molecule has 12 heteroatoms. The lowest BCUT2D eigenvalue weighted by molar-refractivity contribution is 0.103. The highest BCUT2D eigenvalue weighted by Gasteiger charge is 2.21. The molecule has 0 radical (unpaired) electrons. The summed E-state index contributed by atoms with van der Waals surface area (Å²) in [5.41, 5.74) is 2.13. The van der Waals surface area contributed by atoms with Gasteiger partial charge in [0, 0.05) is 17.5 Å². The summed E-state index contributed by atoms with van der Waals surface area (Å²) in [7, 11) is 0. The summed E-state index contributed by atoms with van der Waals surface area (Å²) in [6, 6.07) is 9.22. The van der Waals surface area contributed by atoms with E-state index in [1.165, 1.54) is 11.3 Å². The number of nitrogens with one attached hydrogen (secondary N) is 3. The highest BCUT2D eigenvalue weighted by Crippen LogP contribution is 2.27. The van der Waals surface area contributed by atoms with Gasteiger partial charge in [-0.3, -0.25) is 19.8 Å². The molecule has 1 aliphatic rings. The molecule has 1 saturated carbocycles. The molecule has 11 nitrogen and oxygen atoms in total. The van der Waals surface area contributed by atoms with E-state index >= 15 is 0 Å². The molecule has 0 spiro atoms. The van der Waals surface area contributed by atoms with Crippen LogP contribution in [0.25, 0.3) is 22.3 Å². The fourth-order valence-electron chi connectivity index (χ4n) is 3.55. The number of nitrogens with zero attached hydrogens (tertiary/aromatic N) is 5. The van der Waals surface area contributed by atoms with Crippen molar-refractivity contribution in [3.05, 3.63) is 80.7 Å². The Morgan fingerprint density at radius 2 is 2.14 bits per heavy atom. The Kier molecular flexibility index (Phi) is 4.99. The number of hydrogen-bond acceptors (Lipinski definition) is 8. The van der Waals surface area contributed by atoms with E-state index in [9.17, 15) is 14.7 Å². The first kappa shape index (κ1) is 21.0. The average molecular weight is 487 g/mol. The molecule has 174 valence electrons. The van der Waals surface area contributed by atoms with Gasteiger partial charge in [-0.15, -0.1) is 11.3 Å². The number of carbonyl (C=O) groups is 1. The summed E-state index contributed by atoms with van der Waals surface area (Å²) in [5.74, 6) is -0.501. The van der Waals surface area contributed by atoms with Gasteiger partial charge in [-0.25, -0.2) is 9.78 Å². The van der Waals surface area contributed by atoms with Gasteiger partial charge in [0.2, 0.25) is 5.88 Å². The van der Waals surface area contributed by atoms with Gasteiger partial charge in [0.1, 0.15) is 5.69 Å². The Morgan fingerprint density at radius 1 is 1.26 bits per heavy atom. The van der Waals surface area contributed by atoms with E-state index in [-0.39, 0.29) is 23.5 Å². The van der Waals surface area contributed by atoms with E-state index < -0.39 is 5.69 Å². The molecule has 0 saturated heterocycles. The number of fused-ring (bicyclic) bond motifs is 1. The first-order valence-corrected chi connectivity index (χ1v) is 11.6. The maximum atomic E-state index is 12.7. The topological polar surface area (TPSA) is 153 Å². The average Bonchev–Trinajstić information content (AvgIpc) is 3.23. The number of H-pyrrole nitrogens is 2. The second kappa shape index (κ2) is 8.33. The lowest BCUT2D eigenvalue weighted by Crippen LogP contribution is -2.19. The van der Waals surface area contributed by atoms with Crippen LogP contribution < -0.4 is 21.7 Å². The third kappa shape index (κ3) is 4.22. The molecule has 0 unspecified atom stereocenters.